The average molecular weight is 261 g/mol. The monoisotopic (exact) mass is 261 g/mol. The molecule has 0 spiro atoms. The van der Waals surface area contributed by atoms with E-state index in [4.69, 9.17) is 0 Å². The van der Waals surface area contributed by atoms with Crippen molar-refractivity contribution in [1.29, 1.82) is 0 Å². The summed E-state index contributed by atoms with van der Waals surface area (Å²) in [6, 6.07) is 0. The van der Waals surface area contributed by atoms with Crippen LogP contribution in [0.5, 0.6) is 0 Å². The molecule has 3 nitrogen and oxygen atoms in total. The Kier molecular flexibility index (Phi) is 4.64. The molecule has 0 saturated heterocycles. The number of nitrogens with one attached hydrogen (secondary N) is 1. The van der Waals surface area contributed by atoms with Gasteiger partial charge >= 0.3 is 0 Å². The molecule has 0 aliphatic heterocycles. The van der Waals surface area contributed by atoms with E-state index >= 15 is 0 Å². The average Bonchev–Trinajstić information content (AvgIpc) is 2.29. The van der Waals surface area contributed by atoms with Crippen LogP contribution in [0.4, 0.5) is 0 Å². The molecule has 0 bridgehead atoms. The van der Waals surface area contributed by atoms with Crippen molar-refractivity contribution < 1.29 is 8.42 Å². The van der Waals surface area contributed by atoms with Crippen LogP contribution >= 0.6 is 0 Å². The first-order valence-electron chi connectivity index (χ1n) is 6.70. The Morgan fingerprint density at radius 1 is 1.18 bits per heavy atom. The lowest BCUT2D eigenvalue weighted by Crippen LogP contribution is -2.53. The van der Waals surface area contributed by atoms with Crippen LogP contribution < -0.4 is 5.32 Å². The lowest BCUT2D eigenvalue weighted by atomic mass is 9.83. The first-order valence-corrected chi connectivity index (χ1v) is 8.35. The third kappa shape index (κ3) is 3.22. The normalized spacial score (nSPS) is 21.4. The maximum Gasteiger partial charge on any atom is 0.157 e. The van der Waals surface area contributed by atoms with E-state index in [2.05, 4.69) is 5.32 Å². The number of hydrogen-bond donors (Lipinski definition) is 1. The quantitative estimate of drug-likeness (QED) is 0.827. The summed E-state index contributed by atoms with van der Waals surface area (Å²) in [6.07, 6.45) is 6.17. The van der Waals surface area contributed by atoms with E-state index in [0.29, 0.717) is 6.42 Å². The summed E-state index contributed by atoms with van der Waals surface area (Å²) in [5.74, 6) is 0.289. The fourth-order valence-electron chi connectivity index (χ4n) is 2.47. The molecule has 0 radical (unpaired) electrons. The van der Waals surface area contributed by atoms with Gasteiger partial charge in [-0.25, -0.2) is 8.42 Å². The Hall–Kier alpha value is -0.0900. The number of hydrogen-bond acceptors (Lipinski definition) is 3. The standard InChI is InChI=1S/C13H27NO2S/c1-5-12(2,3)17(15,16)11-13(14-4)9-7-6-8-10-13/h14H,5-11H2,1-4H3. The van der Waals surface area contributed by atoms with Crippen molar-refractivity contribution >= 4 is 9.84 Å². The summed E-state index contributed by atoms with van der Waals surface area (Å²) in [5.41, 5.74) is -0.177. The van der Waals surface area contributed by atoms with Gasteiger partial charge in [0.2, 0.25) is 0 Å². The molecule has 17 heavy (non-hydrogen) atoms. The van der Waals surface area contributed by atoms with Crippen LogP contribution in [-0.2, 0) is 9.84 Å². The smallest absolute Gasteiger partial charge is 0.157 e. The third-order valence-corrected chi connectivity index (χ3v) is 7.41. The van der Waals surface area contributed by atoms with E-state index in [-0.39, 0.29) is 11.3 Å². The van der Waals surface area contributed by atoms with Gasteiger partial charge in [-0.1, -0.05) is 26.2 Å². The summed E-state index contributed by atoms with van der Waals surface area (Å²) in [6.45, 7) is 5.63. The zero-order chi connectivity index (χ0) is 13.2. The minimum atomic E-state index is -3.04. The van der Waals surface area contributed by atoms with Gasteiger partial charge in [0, 0.05) is 5.54 Å². The van der Waals surface area contributed by atoms with Gasteiger partial charge in [-0.05, 0) is 40.2 Å². The Morgan fingerprint density at radius 3 is 2.12 bits per heavy atom. The topological polar surface area (TPSA) is 46.2 Å². The highest BCUT2D eigenvalue weighted by Crippen LogP contribution is 2.33. The molecule has 0 amide bonds. The molecule has 4 heteroatoms. The fourth-order valence-corrected chi connectivity index (χ4v) is 4.47. The minimum absolute atomic E-state index is 0.177. The Bertz CT molecular complexity index is 340. The van der Waals surface area contributed by atoms with Gasteiger partial charge in [0.1, 0.15) is 0 Å². The first kappa shape index (κ1) is 15.0. The van der Waals surface area contributed by atoms with Crippen LogP contribution in [0.1, 0.15) is 59.3 Å². The summed E-state index contributed by atoms with van der Waals surface area (Å²) < 4.78 is 24.3. The molecule has 0 heterocycles. The fraction of sp³-hybridized carbons (Fsp3) is 1.00. The first-order chi connectivity index (χ1) is 7.79. The van der Waals surface area contributed by atoms with Crippen LogP contribution in [0.25, 0.3) is 0 Å². The molecule has 1 aliphatic rings. The molecule has 1 saturated carbocycles. The largest absolute Gasteiger partial charge is 0.313 e. The van der Waals surface area contributed by atoms with Crippen LogP contribution in [0, 0.1) is 0 Å². The van der Waals surface area contributed by atoms with Crippen molar-refractivity contribution in [2.75, 3.05) is 12.8 Å². The van der Waals surface area contributed by atoms with E-state index < -0.39 is 14.6 Å². The van der Waals surface area contributed by atoms with E-state index in [9.17, 15) is 8.42 Å². The highest BCUT2D eigenvalue weighted by molar-refractivity contribution is 7.92. The van der Waals surface area contributed by atoms with Gasteiger partial charge in [0.25, 0.3) is 0 Å². The molecular weight excluding hydrogens is 234 g/mol. The van der Waals surface area contributed by atoms with Gasteiger partial charge in [0.05, 0.1) is 10.5 Å². The second-order valence-corrected chi connectivity index (χ2v) is 8.59. The Balaban J connectivity index is 2.88. The predicted molar refractivity (Wildman–Crippen MR) is 73.0 cm³/mol. The van der Waals surface area contributed by atoms with Crippen LogP contribution in [0.15, 0.2) is 0 Å². The molecule has 0 aromatic rings. The Labute approximate surface area is 106 Å². The van der Waals surface area contributed by atoms with Crippen LogP contribution in [-0.4, -0.2) is 31.5 Å². The van der Waals surface area contributed by atoms with Gasteiger partial charge in [-0.2, -0.15) is 0 Å². The van der Waals surface area contributed by atoms with E-state index in [0.717, 1.165) is 25.7 Å². The molecule has 0 unspecified atom stereocenters. The molecule has 1 N–H and O–H groups in total. The lowest BCUT2D eigenvalue weighted by Gasteiger charge is -2.39. The molecule has 0 aromatic carbocycles. The summed E-state index contributed by atoms with van der Waals surface area (Å²) in [7, 11) is -1.14. The van der Waals surface area contributed by atoms with Gasteiger partial charge in [-0.3, -0.25) is 0 Å². The molecule has 1 aliphatic carbocycles. The zero-order valence-corrected chi connectivity index (χ0v) is 12.5. The summed E-state index contributed by atoms with van der Waals surface area (Å²) >= 11 is 0. The van der Waals surface area contributed by atoms with E-state index in [1.165, 1.54) is 6.42 Å². The van der Waals surface area contributed by atoms with Gasteiger partial charge in [-0.15, -0.1) is 0 Å². The second-order valence-electron chi connectivity index (χ2n) is 5.96. The maximum absolute atomic E-state index is 12.5. The Morgan fingerprint density at radius 2 is 1.71 bits per heavy atom. The summed E-state index contributed by atoms with van der Waals surface area (Å²) in [5, 5.41) is 3.29. The molecular formula is C13H27NO2S. The second kappa shape index (κ2) is 5.27. The van der Waals surface area contributed by atoms with E-state index in [1.54, 1.807) is 0 Å². The number of rotatable bonds is 5. The molecule has 102 valence electrons. The van der Waals surface area contributed by atoms with Crippen molar-refractivity contribution in [1.82, 2.24) is 5.32 Å². The molecule has 0 atom stereocenters. The third-order valence-electron chi connectivity index (χ3n) is 4.50. The van der Waals surface area contributed by atoms with Gasteiger partial charge < -0.3 is 5.32 Å². The van der Waals surface area contributed by atoms with Crippen molar-refractivity contribution in [3.05, 3.63) is 0 Å². The van der Waals surface area contributed by atoms with Crippen molar-refractivity contribution in [3.63, 3.8) is 0 Å². The highest BCUT2D eigenvalue weighted by Gasteiger charge is 2.41. The molecule has 1 fully saturated rings. The SMILES string of the molecule is CCC(C)(C)S(=O)(=O)CC1(NC)CCCCC1. The lowest BCUT2D eigenvalue weighted by molar-refractivity contribution is 0.272. The minimum Gasteiger partial charge on any atom is -0.313 e. The van der Waals surface area contributed by atoms with Gasteiger partial charge in [0.15, 0.2) is 9.84 Å². The van der Waals surface area contributed by atoms with Crippen LogP contribution in [0.2, 0.25) is 0 Å². The number of sulfone groups is 1. The van der Waals surface area contributed by atoms with Crippen molar-refractivity contribution in [2.24, 2.45) is 0 Å². The van der Waals surface area contributed by atoms with E-state index in [1.807, 2.05) is 27.8 Å². The summed E-state index contributed by atoms with van der Waals surface area (Å²) in [4.78, 5) is 0. The molecule has 1 rings (SSSR count). The van der Waals surface area contributed by atoms with Crippen LogP contribution in [0.3, 0.4) is 0 Å². The molecule has 0 aromatic heterocycles. The van der Waals surface area contributed by atoms with Crippen molar-refractivity contribution in [2.45, 2.75) is 69.6 Å². The maximum atomic E-state index is 12.5. The predicted octanol–water partition coefficient (Wildman–Crippen LogP) is 2.51. The zero-order valence-electron chi connectivity index (χ0n) is 11.7. The van der Waals surface area contributed by atoms with Crippen molar-refractivity contribution in [3.8, 4) is 0 Å². The highest BCUT2D eigenvalue weighted by atomic mass is 32.2.